The fraction of sp³-hybridized carbons (Fsp3) is 0.515. The second-order valence-electron chi connectivity index (χ2n) is 22.0. The van der Waals surface area contributed by atoms with Gasteiger partial charge in [0.1, 0.15) is 0 Å². The predicted octanol–water partition coefficient (Wildman–Crippen LogP) is 21.4. The molecule has 0 atom stereocenters. The average molecular weight is 1060 g/mol. The number of rotatable bonds is 18. The van der Waals surface area contributed by atoms with E-state index in [1.165, 1.54) is 70.2 Å². The normalized spacial score (nSPS) is 13.5. The van der Waals surface area contributed by atoms with Crippen LogP contribution >= 0.6 is 0 Å². The standard InChI is InChI=1S/2C29H40N2.2C4H8O.2Ca/c2*1-18(2)24-13-11-14-25(19(3)4)28(24)30-22(9)17-23(10)31-29-26(20(5)6)15-12-16-27(29)21(7)8;2*1-2-4-5-3-1;;/h2*11-21H,9H2,1-8,10H3;2*1-4H2;;/q2*-2;;;2*+2/b23-17-;;;;;. The van der Waals surface area contributed by atoms with E-state index < -0.39 is 0 Å². The van der Waals surface area contributed by atoms with Crippen molar-refractivity contribution in [1.82, 2.24) is 0 Å². The fourth-order valence-corrected chi connectivity index (χ4v) is 8.84. The smallest absolute Gasteiger partial charge is 0.661 e. The van der Waals surface area contributed by atoms with Crippen LogP contribution in [0.25, 0.3) is 21.3 Å². The van der Waals surface area contributed by atoms with Crippen molar-refractivity contribution in [2.45, 2.75) is 198 Å². The number of allylic oxidation sites excluding steroid dienone is 4. The third kappa shape index (κ3) is 22.8. The van der Waals surface area contributed by atoms with Gasteiger partial charge >= 0.3 is 75.5 Å². The quantitative estimate of drug-likeness (QED) is 0.0735. The Balaban J connectivity index is 0.000000604. The van der Waals surface area contributed by atoms with Gasteiger partial charge in [-0.15, -0.1) is 47.3 Å². The molecule has 8 heteroatoms. The number of hydrogen-bond donors (Lipinski definition) is 0. The van der Waals surface area contributed by atoms with Gasteiger partial charge in [-0.1, -0.05) is 254 Å². The predicted molar refractivity (Wildman–Crippen MR) is 328 cm³/mol. The van der Waals surface area contributed by atoms with Gasteiger partial charge in [-0.05, 0) is 73.0 Å². The molecule has 0 amide bonds. The number of benzene rings is 4. The Morgan fingerprint density at radius 1 is 0.351 bits per heavy atom. The maximum Gasteiger partial charge on any atom is 2.00 e. The number of nitrogens with zero attached hydrogens (tertiary/aromatic N) is 4. The first-order valence-corrected chi connectivity index (χ1v) is 27.3. The van der Waals surface area contributed by atoms with Gasteiger partial charge in [0, 0.05) is 26.4 Å². The largest absolute Gasteiger partial charge is 2.00 e. The summed E-state index contributed by atoms with van der Waals surface area (Å²) in [7, 11) is 0. The Morgan fingerprint density at radius 2 is 0.527 bits per heavy atom. The summed E-state index contributed by atoms with van der Waals surface area (Å²) < 4.78 is 9.89. The molecule has 74 heavy (non-hydrogen) atoms. The summed E-state index contributed by atoms with van der Waals surface area (Å²) in [5.41, 5.74) is 17.9. The maximum atomic E-state index is 5.04. The van der Waals surface area contributed by atoms with Crippen LogP contribution in [0, 0.1) is 0 Å². The summed E-state index contributed by atoms with van der Waals surface area (Å²) in [5, 5.41) is 20.0. The van der Waals surface area contributed by atoms with Crippen LogP contribution in [0.4, 0.5) is 22.7 Å². The van der Waals surface area contributed by atoms with Gasteiger partial charge in [-0.3, -0.25) is 0 Å². The van der Waals surface area contributed by atoms with E-state index in [0.29, 0.717) is 47.3 Å². The fourth-order valence-electron chi connectivity index (χ4n) is 8.84. The second kappa shape index (κ2) is 35.8. The van der Waals surface area contributed by atoms with E-state index in [-0.39, 0.29) is 75.5 Å². The van der Waals surface area contributed by atoms with E-state index >= 15 is 0 Å². The summed E-state index contributed by atoms with van der Waals surface area (Å²) in [6.07, 6.45) is 9.12. The van der Waals surface area contributed by atoms with Gasteiger partial charge in [-0.25, -0.2) is 0 Å². The average Bonchev–Trinajstić information content (AvgIpc) is 4.10. The van der Waals surface area contributed by atoms with Crippen LogP contribution in [0.2, 0.25) is 0 Å². The Hall–Kier alpha value is -2.52. The summed E-state index contributed by atoms with van der Waals surface area (Å²) in [4.78, 5) is 0. The molecule has 0 spiro atoms. The summed E-state index contributed by atoms with van der Waals surface area (Å²) in [5.74, 6) is 3.32. The Kier molecular flexibility index (Phi) is 33.6. The zero-order chi connectivity index (χ0) is 53.7. The minimum atomic E-state index is 0. The molecule has 0 bridgehead atoms. The molecule has 0 radical (unpaired) electrons. The van der Waals surface area contributed by atoms with Crippen LogP contribution in [-0.4, -0.2) is 102 Å². The molecule has 2 fully saturated rings. The van der Waals surface area contributed by atoms with Crippen molar-refractivity contribution in [3.63, 3.8) is 0 Å². The van der Waals surface area contributed by atoms with Crippen LogP contribution in [-0.2, 0) is 9.47 Å². The Labute approximate surface area is 513 Å². The summed E-state index contributed by atoms with van der Waals surface area (Å²) >= 11 is 0. The first kappa shape index (κ1) is 69.5. The van der Waals surface area contributed by atoms with Gasteiger partial charge in [0.2, 0.25) is 0 Å². The van der Waals surface area contributed by atoms with Crippen molar-refractivity contribution in [3.05, 3.63) is 187 Å². The van der Waals surface area contributed by atoms with Gasteiger partial charge < -0.3 is 30.7 Å². The molecule has 0 saturated carbocycles. The van der Waals surface area contributed by atoms with Crippen LogP contribution in [0.3, 0.4) is 0 Å². The van der Waals surface area contributed by atoms with Crippen LogP contribution < -0.4 is 0 Å². The molecule has 4 aromatic rings. The molecule has 4 aromatic carbocycles. The van der Waals surface area contributed by atoms with Gasteiger partial charge in [0.25, 0.3) is 0 Å². The van der Waals surface area contributed by atoms with Crippen molar-refractivity contribution in [2.24, 2.45) is 0 Å². The number of hydrogen-bond acceptors (Lipinski definition) is 2. The number of para-hydroxylation sites is 4. The van der Waals surface area contributed by atoms with Crippen LogP contribution in [0.15, 0.2) is 121 Å². The van der Waals surface area contributed by atoms with Crippen molar-refractivity contribution >= 4 is 98.2 Å². The summed E-state index contributed by atoms with van der Waals surface area (Å²) in [6.45, 7) is 52.1. The Morgan fingerprint density at radius 3 is 0.676 bits per heavy atom. The molecule has 0 aliphatic carbocycles. The van der Waals surface area contributed by atoms with Gasteiger partial charge in [0.15, 0.2) is 0 Å². The van der Waals surface area contributed by atoms with Crippen LogP contribution in [0.5, 0.6) is 0 Å². The molecule has 2 aliphatic heterocycles. The van der Waals surface area contributed by atoms with Crippen molar-refractivity contribution in [1.29, 1.82) is 0 Å². The minimum Gasteiger partial charge on any atom is -0.661 e. The van der Waals surface area contributed by atoms with Crippen LogP contribution in [0.1, 0.15) is 242 Å². The molecule has 0 unspecified atom stereocenters. The molecule has 0 aromatic heterocycles. The van der Waals surface area contributed by atoms with Gasteiger partial charge in [0.05, 0.1) is 0 Å². The van der Waals surface area contributed by atoms with E-state index in [0.717, 1.165) is 72.0 Å². The first-order valence-electron chi connectivity index (χ1n) is 27.3. The maximum absolute atomic E-state index is 5.04. The molecule has 396 valence electrons. The number of ether oxygens (including phenoxy) is 2. The summed E-state index contributed by atoms with van der Waals surface area (Å²) in [6, 6.07) is 26.0. The zero-order valence-corrected chi connectivity index (χ0v) is 54.2. The second-order valence-corrected chi connectivity index (χ2v) is 22.0. The van der Waals surface area contributed by atoms with Crippen molar-refractivity contribution in [3.8, 4) is 0 Å². The van der Waals surface area contributed by atoms with E-state index in [1.807, 2.05) is 26.0 Å². The topological polar surface area (TPSA) is 74.9 Å². The Bertz CT molecular complexity index is 2080. The minimum absolute atomic E-state index is 0. The monoisotopic (exact) mass is 1060 g/mol. The SMILES string of the molecule is C1CCOC1.C1CCOC1.C=C(/C=C(/C)[N-]c1c(C(C)C)cccc1C(C)C)[N-]c1c(C(C)C)cccc1C(C)C.C=C(C=C(C)[N-]c1c(C(C)C)cccc1C(C)C)[N-]c1c(C(C)C)cccc1C(C)C.[Ca+2].[Ca+2]. The van der Waals surface area contributed by atoms with E-state index in [4.69, 9.17) is 30.7 Å². The van der Waals surface area contributed by atoms with Crippen molar-refractivity contribution in [2.75, 3.05) is 26.4 Å². The van der Waals surface area contributed by atoms with Crippen molar-refractivity contribution < 1.29 is 9.47 Å². The molecule has 6 rings (SSSR count). The van der Waals surface area contributed by atoms with E-state index in [9.17, 15) is 0 Å². The van der Waals surface area contributed by atoms with E-state index in [2.05, 4.69) is 197 Å². The molecular weight excluding hydrogens is 961 g/mol. The first-order chi connectivity index (χ1) is 34.0. The molecule has 2 aliphatic rings. The molecule has 2 saturated heterocycles. The molecule has 0 N–H and O–H groups in total. The third-order valence-electron chi connectivity index (χ3n) is 12.9. The molecule has 2 heterocycles. The third-order valence-corrected chi connectivity index (χ3v) is 12.9. The molecular formula is C66H96Ca2N4O2. The van der Waals surface area contributed by atoms with Gasteiger partial charge in [-0.2, -0.15) is 11.4 Å². The zero-order valence-electron chi connectivity index (χ0n) is 49.8. The molecule has 6 nitrogen and oxygen atoms in total. The van der Waals surface area contributed by atoms with E-state index in [1.54, 1.807) is 0 Å².